The van der Waals surface area contributed by atoms with Crippen LogP contribution < -0.4 is 0 Å². The van der Waals surface area contributed by atoms with Gasteiger partial charge in [-0.25, -0.2) is 9.59 Å². The van der Waals surface area contributed by atoms with Gasteiger partial charge in [-0.1, -0.05) is 13.0 Å². The van der Waals surface area contributed by atoms with Gasteiger partial charge in [-0.15, -0.1) is 0 Å². The summed E-state index contributed by atoms with van der Waals surface area (Å²) < 4.78 is 8.64. The maximum absolute atomic E-state index is 11.2. The number of ketones is 1. The van der Waals surface area contributed by atoms with Gasteiger partial charge in [0.15, 0.2) is 0 Å². The highest BCUT2D eigenvalue weighted by Crippen LogP contribution is 2.05. The molecule has 0 spiro atoms. The number of carbonyl (C=O) groups is 3. The molecule has 0 aromatic heterocycles. The first-order chi connectivity index (χ1) is 7.02. The molecule has 0 aliphatic rings. The van der Waals surface area contributed by atoms with E-state index >= 15 is 0 Å². The number of ether oxygens (including phenoxy) is 2. The average molecular weight is 214 g/mol. The van der Waals surface area contributed by atoms with Gasteiger partial charge in [-0.2, -0.15) is 0 Å². The largest absolute Gasteiger partial charge is 0.466 e. The smallest absolute Gasteiger partial charge is 0.374 e. The predicted molar refractivity (Wildman–Crippen MR) is 52.0 cm³/mol. The molecule has 0 heterocycles. The minimum Gasteiger partial charge on any atom is -0.466 e. The minimum atomic E-state index is -0.867. The van der Waals surface area contributed by atoms with Crippen LogP contribution in [0.4, 0.5) is 0 Å². The van der Waals surface area contributed by atoms with E-state index in [2.05, 4.69) is 9.47 Å². The van der Waals surface area contributed by atoms with Crippen LogP contribution in [0.5, 0.6) is 0 Å². The summed E-state index contributed by atoms with van der Waals surface area (Å²) in [5.74, 6) is -2.47. The first-order valence-corrected chi connectivity index (χ1v) is 4.39. The van der Waals surface area contributed by atoms with E-state index < -0.39 is 23.6 Å². The Morgan fingerprint density at radius 3 is 2.27 bits per heavy atom. The molecule has 5 heteroatoms. The van der Waals surface area contributed by atoms with Gasteiger partial charge >= 0.3 is 11.9 Å². The van der Waals surface area contributed by atoms with E-state index in [0.29, 0.717) is 6.42 Å². The second kappa shape index (κ2) is 6.75. The monoisotopic (exact) mass is 214 g/mol. The molecule has 0 fully saturated rings. The Morgan fingerprint density at radius 1 is 1.20 bits per heavy atom. The van der Waals surface area contributed by atoms with Crippen molar-refractivity contribution in [3.8, 4) is 0 Å². The molecule has 0 saturated carbocycles. The Balaban J connectivity index is 4.09. The second-order valence-corrected chi connectivity index (χ2v) is 2.92. The molecule has 0 N–H and O–H groups in total. The summed E-state index contributed by atoms with van der Waals surface area (Å²) in [4.78, 5) is 32.7. The number of allylic oxidation sites excluding steroid dienone is 1. The fourth-order valence-corrected chi connectivity index (χ4v) is 0.845. The van der Waals surface area contributed by atoms with E-state index in [-0.39, 0.29) is 0 Å². The molecule has 1 atom stereocenters. The second-order valence-electron chi connectivity index (χ2n) is 2.92. The fraction of sp³-hybridized carbons (Fsp3) is 0.500. The van der Waals surface area contributed by atoms with Gasteiger partial charge in [0.2, 0.25) is 5.78 Å². The van der Waals surface area contributed by atoms with Gasteiger partial charge in [0, 0.05) is 12.0 Å². The third-order valence-corrected chi connectivity index (χ3v) is 1.78. The summed E-state index contributed by atoms with van der Waals surface area (Å²) in [5, 5.41) is 0. The topological polar surface area (TPSA) is 69.7 Å². The number of esters is 2. The number of rotatable bonds is 5. The quantitative estimate of drug-likeness (QED) is 0.378. The van der Waals surface area contributed by atoms with Crippen molar-refractivity contribution in [2.75, 3.05) is 14.2 Å². The lowest BCUT2D eigenvalue weighted by Gasteiger charge is -2.04. The van der Waals surface area contributed by atoms with Crippen molar-refractivity contribution < 1.29 is 23.9 Å². The molecule has 0 radical (unpaired) electrons. The summed E-state index contributed by atoms with van der Waals surface area (Å²) in [5.41, 5.74) is 0. The molecule has 0 aromatic rings. The highest BCUT2D eigenvalue weighted by Gasteiger charge is 2.20. The van der Waals surface area contributed by atoms with Crippen molar-refractivity contribution in [3.63, 3.8) is 0 Å². The Labute approximate surface area is 88.0 Å². The van der Waals surface area contributed by atoms with Gasteiger partial charge in [0.05, 0.1) is 14.2 Å². The van der Waals surface area contributed by atoms with Crippen LogP contribution in [0.1, 0.15) is 13.3 Å². The molecule has 0 aliphatic heterocycles. The van der Waals surface area contributed by atoms with Crippen molar-refractivity contribution >= 4 is 17.7 Å². The first-order valence-electron chi connectivity index (χ1n) is 4.39. The third kappa shape index (κ3) is 4.95. The molecule has 1 unspecified atom stereocenters. The van der Waals surface area contributed by atoms with Crippen molar-refractivity contribution in [2.24, 2.45) is 5.92 Å². The van der Waals surface area contributed by atoms with E-state index in [4.69, 9.17) is 0 Å². The molecular formula is C10H14O5. The molecule has 84 valence electrons. The highest BCUT2D eigenvalue weighted by molar-refractivity contribution is 6.34. The minimum absolute atomic E-state index is 0.295. The average Bonchev–Trinajstić information content (AvgIpc) is 2.26. The van der Waals surface area contributed by atoms with Gasteiger partial charge in [0.25, 0.3) is 0 Å². The van der Waals surface area contributed by atoms with E-state index in [1.807, 2.05) is 0 Å². The van der Waals surface area contributed by atoms with Crippen molar-refractivity contribution in [1.29, 1.82) is 0 Å². The van der Waals surface area contributed by atoms with Crippen LogP contribution in [0.15, 0.2) is 12.2 Å². The lowest BCUT2D eigenvalue weighted by atomic mass is 10.0. The Hall–Kier alpha value is -1.65. The van der Waals surface area contributed by atoms with Gasteiger partial charge in [0.1, 0.15) is 0 Å². The summed E-state index contributed by atoms with van der Waals surface area (Å²) >= 11 is 0. The summed E-state index contributed by atoms with van der Waals surface area (Å²) in [6.45, 7) is 1.58. The van der Waals surface area contributed by atoms with Crippen molar-refractivity contribution in [3.05, 3.63) is 12.2 Å². The fourth-order valence-electron chi connectivity index (χ4n) is 0.845. The van der Waals surface area contributed by atoms with Crippen molar-refractivity contribution in [2.45, 2.75) is 13.3 Å². The van der Waals surface area contributed by atoms with Crippen LogP contribution >= 0.6 is 0 Å². The molecule has 0 aromatic carbocycles. The maximum Gasteiger partial charge on any atom is 0.374 e. The van der Waals surface area contributed by atoms with Gasteiger partial charge in [-0.05, 0) is 6.42 Å². The van der Waals surface area contributed by atoms with E-state index in [1.54, 1.807) is 6.92 Å². The molecule has 15 heavy (non-hydrogen) atoms. The normalized spacial score (nSPS) is 12.2. The highest BCUT2D eigenvalue weighted by atomic mass is 16.5. The summed E-state index contributed by atoms with van der Waals surface area (Å²) in [6, 6.07) is 0. The third-order valence-electron chi connectivity index (χ3n) is 1.78. The van der Waals surface area contributed by atoms with E-state index in [1.165, 1.54) is 19.3 Å². The van der Waals surface area contributed by atoms with Crippen LogP contribution in [-0.2, 0) is 23.9 Å². The van der Waals surface area contributed by atoms with Crippen LogP contribution in [0.25, 0.3) is 0 Å². The maximum atomic E-state index is 11.2. The van der Waals surface area contributed by atoms with E-state index in [0.717, 1.165) is 7.11 Å². The molecule has 0 rings (SSSR count). The molecule has 0 saturated heterocycles. The van der Waals surface area contributed by atoms with Gasteiger partial charge in [-0.3, -0.25) is 4.79 Å². The van der Waals surface area contributed by atoms with Crippen LogP contribution in [0.2, 0.25) is 0 Å². The number of hydrogen-bond donors (Lipinski definition) is 0. The standard InChI is InChI=1S/C10H14O5/c1-7(9(12)10(13)15-3)5-4-6-8(11)14-2/h4,6-7H,5H2,1-3H3/b6-4+. The predicted octanol–water partition coefficient (Wildman–Crippen LogP) is 0.484. The first kappa shape index (κ1) is 13.4. The summed E-state index contributed by atoms with van der Waals surface area (Å²) in [6.07, 6.45) is 2.99. The molecule has 0 bridgehead atoms. The number of hydrogen-bond acceptors (Lipinski definition) is 5. The van der Waals surface area contributed by atoms with Crippen LogP contribution in [-0.4, -0.2) is 31.9 Å². The molecule has 0 amide bonds. The van der Waals surface area contributed by atoms with Gasteiger partial charge < -0.3 is 9.47 Å². The zero-order chi connectivity index (χ0) is 11.8. The number of Topliss-reactive ketones (excluding diaryl/α,β-unsaturated/α-hetero) is 1. The molecular weight excluding hydrogens is 200 g/mol. The summed E-state index contributed by atoms with van der Waals surface area (Å²) in [7, 11) is 2.41. The molecule has 0 aliphatic carbocycles. The number of carbonyl (C=O) groups excluding carboxylic acids is 3. The SMILES string of the molecule is COC(=O)/C=C/CC(C)C(=O)C(=O)OC. The molecule has 5 nitrogen and oxygen atoms in total. The lowest BCUT2D eigenvalue weighted by Crippen LogP contribution is -2.22. The number of methoxy groups -OCH3 is 2. The van der Waals surface area contributed by atoms with Crippen molar-refractivity contribution in [1.82, 2.24) is 0 Å². The Kier molecular flexibility index (Phi) is 6.01. The zero-order valence-corrected chi connectivity index (χ0v) is 8.98. The van der Waals surface area contributed by atoms with Crippen LogP contribution in [0.3, 0.4) is 0 Å². The van der Waals surface area contributed by atoms with E-state index in [9.17, 15) is 14.4 Å². The lowest BCUT2D eigenvalue weighted by molar-refractivity contribution is -0.153. The zero-order valence-electron chi connectivity index (χ0n) is 8.98. The Bertz CT molecular complexity index is 280. The Morgan fingerprint density at radius 2 is 1.80 bits per heavy atom. The van der Waals surface area contributed by atoms with Crippen LogP contribution in [0, 0.1) is 5.92 Å².